The molecule has 1 aliphatic heterocycles. The second kappa shape index (κ2) is 8.47. The minimum atomic E-state index is -0.419. The van der Waals surface area contributed by atoms with Gasteiger partial charge in [0.05, 0.1) is 24.3 Å². The number of pyridine rings is 1. The lowest BCUT2D eigenvalue weighted by molar-refractivity contribution is -0.133. The molecule has 0 bridgehead atoms. The van der Waals surface area contributed by atoms with E-state index >= 15 is 0 Å². The Kier molecular flexibility index (Phi) is 6.23. The molecule has 1 aliphatic carbocycles. The van der Waals surface area contributed by atoms with Gasteiger partial charge in [-0.15, -0.1) is 0 Å². The molecule has 0 aromatic carbocycles. The van der Waals surface area contributed by atoms with E-state index in [-0.39, 0.29) is 29.3 Å². The predicted molar refractivity (Wildman–Crippen MR) is 105 cm³/mol. The maximum absolute atomic E-state index is 12.5. The smallest absolute Gasteiger partial charge is 0.252 e. The van der Waals surface area contributed by atoms with Crippen molar-refractivity contribution in [1.82, 2.24) is 15.2 Å². The highest BCUT2D eigenvalue weighted by molar-refractivity contribution is 5.94. The molecule has 3 rings (SSSR count). The minimum Gasteiger partial charge on any atom is -0.478 e. The molecule has 4 atom stereocenters. The van der Waals surface area contributed by atoms with Gasteiger partial charge >= 0.3 is 0 Å². The third-order valence-electron chi connectivity index (χ3n) is 6.28. The van der Waals surface area contributed by atoms with Crippen LogP contribution in [0.3, 0.4) is 0 Å². The summed E-state index contributed by atoms with van der Waals surface area (Å²) in [6.45, 7) is 6.43. The Balaban J connectivity index is 1.69. The van der Waals surface area contributed by atoms with Crippen molar-refractivity contribution in [3.05, 3.63) is 23.9 Å². The van der Waals surface area contributed by atoms with Gasteiger partial charge in [-0.1, -0.05) is 19.8 Å². The number of hydrogen-bond donors (Lipinski definition) is 2. The van der Waals surface area contributed by atoms with Crippen LogP contribution in [0.1, 0.15) is 63.2 Å². The normalized spacial score (nSPS) is 29.7. The molecule has 1 saturated carbocycles. The van der Waals surface area contributed by atoms with Gasteiger partial charge in [0.1, 0.15) is 0 Å². The van der Waals surface area contributed by atoms with Gasteiger partial charge in [-0.25, -0.2) is 4.98 Å². The molecule has 0 unspecified atom stereocenters. The Morgan fingerprint density at radius 2 is 2.11 bits per heavy atom. The van der Waals surface area contributed by atoms with E-state index in [2.05, 4.69) is 17.2 Å². The summed E-state index contributed by atoms with van der Waals surface area (Å²) < 4.78 is 5.30. The van der Waals surface area contributed by atoms with Gasteiger partial charge in [-0.3, -0.25) is 9.59 Å². The quantitative estimate of drug-likeness (QED) is 0.805. The molecular weight excluding hydrogens is 358 g/mol. The second-order valence-electron chi connectivity index (χ2n) is 8.13. The largest absolute Gasteiger partial charge is 0.478 e. The standard InChI is InChI=1S/C21H31N3O4/c1-4-28-19-10-9-15(12-22-19)20(27)23-13-16-11-21(3)17(24(16)14(2)25)7-5-6-8-18(21)26/h9-10,12,16-18,26H,4-8,11,13H2,1-3H3,(H,23,27)/t16-,17-,18+,21-/m1/s1. The number of amides is 2. The van der Waals surface area contributed by atoms with E-state index in [1.165, 1.54) is 6.20 Å². The molecule has 2 amide bonds. The zero-order valence-electron chi connectivity index (χ0n) is 17.0. The van der Waals surface area contributed by atoms with Crippen LogP contribution in [0.5, 0.6) is 5.88 Å². The maximum Gasteiger partial charge on any atom is 0.252 e. The van der Waals surface area contributed by atoms with Gasteiger partial charge in [0, 0.05) is 37.2 Å². The Labute approximate surface area is 166 Å². The first-order valence-corrected chi connectivity index (χ1v) is 10.2. The van der Waals surface area contributed by atoms with Gasteiger partial charge < -0.3 is 20.1 Å². The van der Waals surface area contributed by atoms with Crippen LogP contribution in [-0.2, 0) is 4.79 Å². The molecule has 2 fully saturated rings. The van der Waals surface area contributed by atoms with Crippen molar-refractivity contribution in [2.24, 2.45) is 5.41 Å². The first-order valence-electron chi connectivity index (χ1n) is 10.2. The zero-order valence-corrected chi connectivity index (χ0v) is 17.0. The monoisotopic (exact) mass is 389 g/mol. The summed E-state index contributed by atoms with van der Waals surface area (Å²) in [5.74, 6) is 0.265. The summed E-state index contributed by atoms with van der Waals surface area (Å²) in [5.41, 5.74) is 0.134. The van der Waals surface area contributed by atoms with Crippen LogP contribution in [0, 0.1) is 5.41 Å². The van der Waals surface area contributed by atoms with E-state index in [1.807, 2.05) is 11.8 Å². The molecule has 1 saturated heterocycles. The summed E-state index contributed by atoms with van der Waals surface area (Å²) in [6.07, 6.45) is 5.45. The molecule has 154 valence electrons. The number of aliphatic hydroxyl groups is 1. The molecule has 2 aliphatic rings. The van der Waals surface area contributed by atoms with E-state index in [1.54, 1.807) is 19.1 Å². The molecule has 7 heteroatoms. The molecule has 2 heterocycles. The third kappa shape index (κ3) is 3.99. The molecule has 0 radical (unpaired) electrons. The molecule has 0 spiro atoms. The van der Waals surface area contributed by atoms with Gasteiger partial charge in [0.25, 0.3) is 5.91 Å². The highest BCUT2D eigenvalue weighted by atomic mass is 16.5. The van der Waals surface area contributed by atoms with Gasteiger partial charge in [0.2, 0.25) is 11.8 Å². The SMILES string of the molecule is CCOc1ccc(C(=O)NC[C@H]2C[C@@]3(C)[C@@H](O)CCCC[C@H]3N2C(C)=O)cn1. The van der Waals surface area contributed by atoms with E-state index in [4.69, 9.17) is 4.74 Å². The van der Waals surface area contributed by atoms with Gasteiger partial charge in [0.15, 0.2) is 0 Å². The van der Waals surface area contributed by atoms with Crippen molar-refractivity contribution < 1.29 is 19.4 Å². The zero-order chi connectivity index (χ0) is 20.3. The number of fused-ring (bicyclic) bond motifs is 1. The molecule has 28 heavy (non-hydrogen) atoms. The number of carbonyl (C=O) groups excluding carboxylic acids is 2. The van der Waals surface area contributed by atoms with E-state index in [9.17, 15) is 14.7 Å². The number of nitrogens with zero attached hydrogens (tertiary/aromatic N) is 2. The van der Waals surface area contributed by atoms with Crippen LogP contribution >= 0.6 is 0 Å². The van der Waals surface area contributed by atoms with Crippen molar-refractivity contribution >= 4 is 11.8 Å². The molecule has 7 nitrogen and oxygen atoms in total. The lowest BCUT2D eigenvalue weighted by Gasteiger charge is -2.37. The van der Waals surface area contributed by atoms with Gasteiger partial charge in [-0.2, -0.15) is 0 Å². The van der Waals surface area contributed by atoms with Crippen LogP contribution in [0.25, 0.3) is 0 Å². The molecule has 2 N–H and O–H groups in total. The number of nitrogens with one attached hydrogen (secondary N) is 1. The fourth-order valence-corrected chi connectivity index (χ4v) is 4.85. The van der Waals surface area contributed by atoms with E-state index < -0.39 is 6.10 Å². The number of ether oxygens (including phenoxy) is 1. The number of likely N-dealkylation sites (tertiary alicyclic amines) is 1. The van der Waals surface area contributed by atoms with Gasteiger partial charge in [-0.05, 0) is 32.3 Å². The fourth-order valence-electron chi connectivity index (χ4n) is 4.85. The summed E-state index contributed by atoms with van der Waals surface area (Å²) >= 11 is 0. The lowest BCUT2D eigenvalue weighted by Crippen LogP contribution is -2.48. The van der Waals surface area contributed by atoms with Crippen molar-refractivity contribution in [3.63, 3.8) is 0 Å². The fraction of sp³-hybridized carbons (Fsp3) is 0.667. The van der Waals surface area contributed by atoms with Crippen LogP contribution in [0.2, 0.25) is 0 Å². The highest BCUT2D eigenvalue weighted by Crippen LogP contribution is 2.48. The minimum absolute atomic E-state index is 0.00445. The Morgan fingerprint density at radius 3 is 2.75 bits per heavy atom. The number of hydrogen-bond acceptors (Lipinski definition) is 5. The van der Waals surface area contributed by atoms with Crippen LogP contribution < -0.4 is 10.1 Å². The van der Waals surface area contributed by atoms with E-state index in [0.29, 0.717) is 31.0 Å². The highest BCUT2D eigenvalue weighted by Gasteiger charge is 2.54. The molecule has 1 aromatic rings. The first-order chi connectivity index (χ1) is 13.4. The Bertz CT molecular complexity index is 708. The third-order valence-corrected chi connectivity index (χ3v) is 6.28. The summed E-state index contributed by atoms with van der Waals surface area (Å²) in [7, 11) is 0. The number of aromatic nitrogens is 1. The average molecular weight is 389 g/mol. The van der Waals surface area contributed by atoms with Crippen molar-refractivity contribution in [3.8, 4) is 5.88 Å². The number of aliphatic hydroxyl groups excluding tert-OH is 1. The Morgan fingerprint density at radius 1 is 1.36 bits per heavy atom. The first kappa shape index (κ1) is 20.6. The number of carbonyl (C=O) groups is 2. The maximum atomic E-state index is 12.5. The van der Waals surface area contributed by atoms with E-state index in [0.717, 1.165) is 25.7 Å². The predicted octanol–water partition coefficient (Wildman–Crippen LogP) is 2.14. The summed E-state index contributed by atoms with van der Waals surface area (Å²) in [4.78, 5) is 30.9. The molecule has 1 aromatic heterocycles. The molecular formula is C21H31N3O4. The number of rotatable bonds is 5. The van der Waals surface area contributed by atoms with Crippen LogP contribution in [-0.4, -0.2) is 58.1 Å². The van der Waals surface area contributed by atoms with Crippen LogP contribution in [0.4, 0.5) is 0 Å². The van der Waals surface area contributed by atoms with Crippen molar-refractivity contribution in [1.29, 1.82) is 0 Å². The lowest BCUT2D eigenvalue weighted by atomic mass is 9.75. The summed E-state index contributed by atoms with van der Waals surface area (Å²) in [5, 5.41) is 13.7. The average Bonchev–Trinajstić information content (AvgIpc) is 2.89. The summed E-state index contributed by atoms with van der Waals surface area (Å²) in [6, 6.07) is 3.27. The second-order valence-corrected chi connectivity index (χ2v) is 8.13. The topological polar surface area (TPSA) is 91.8 Å². The Hall–Kier alpha value is -2.15. The van der Waals surface area contributed by atoms with Crippen LogP contribution in [0.15, 0.2) is 18.3 Å². The van der Waals surface area contributed by atoms with Crippen molar-refractivity contribution in [2.45, 2.75) is 71.1 Å². The van der Waals surface area contributed by atoms with Crippen molar-refractivity contribution in [2.75, 3.05) is 13.2 Å².